The third kappa shape index (κ3) is 2.57. The SMILES string of the molecule is COc1ccc(-n2c(-c3ccc(F)cc3)n[nH]c2=S)cc1. The van der Waals surface area contributed by atoms with Gasteiger partial charge in [-0.15, -0.1) is 0 Å². The Hall–Kier alpha value is -2.47. The first-order valence-corrected chi connectivity index (χ1v) is 6.67. The molecule has 21 heavy (non-hydrogen) atoms. The molecule has 4 nitrogen and oxygen atoms in total. The lowest BCUT2D eigenvalue weighted by Crippen LogP contribution is -1.98. The van der Waals surface area contributed by atoms with Crippen LogP contribution in [0.1, 0.15) is 0 Å². The summed E-state index contributed by atoms with van der Waals surface area (Å²) in [6.07, 6.45) is 0. The average Bonchev–Trinajstić information content (AvgIpc) is 2.90. The summed E-state index contributed by atoms with van der Waals surface area (Å²) >= 11 is 5.28. The fourth-order valence-corrected chi connectivity index (χ4v) is 2.30. The first kappa shape index (κ1) is 13.5. The zero-order chi connectivity index (χ0) is 14.8. The van der Waals surface area contributed by atoms with Gasteiger partial charge in [0.2, 0.25) is 0 Å². The van der Waals surface area contributed by atoms with E-state index in [2.05, 4.69) is 10.2 Å². The lowest BCUT2D eigenvalue weighted by atomic mass is 10.2. The molecule has 0 aliphatic rings. The lowest BCUT2D eigenvalue weighted by Gasteiger charge is -2.08. The van der Waals surface area contributed by atoms with Gasteiger partial charge in [0.15, 0.2) is 10.6 Å². The Morgan fingerprint density at radius 1 is 1.10 bits per heavy atom. The van der Waals surface area contributed by atoms with Crippen LogP contribution < -0.4 is 4.74 Å². The summed E-state index contributed by atoms with van der Waals surface area (Å²) in [6.45, 7) is 0. The van der Waals surface area contributed by atoms with Crippen LogP contribution in [0.5, 0.6) is 5.75 Å². The van der Waals surface area contributed by atoms with Crippen molar-refractivity contribution < 1.29 is 9.13 Å². The number of aromatic amines is 1. The van der Waals surface area contributed by atoms with E-state index in [4.69, 9.17) is 17.0 Å². The summed E-state index contributed by atoms with van der Waals surface area (Å²) in [5.41, 5.74) is 1.63. The van der Waals surface area contributed by atoms with Gasteiger partial charge in [0, 0.05) is 5.56 Å². The van der Waals surface area contributed by atoms with Gasteiger partial charge >= 0.3 is 0 Å². The predicted octanol–water partition coefficient (Wildman–Crippen LogP) is 3.74. The second kappa shape index (κ2) is 5.49. The van der Waals surface area contributed by atoms with Gasteiger partial charge in [0.1, 0.15) is 11.6 Å². The number of nitrogens with one attached hydrogen (secondary N) is 1. The average molecular weight is 301 g/mol. The minimum absolute atomic E-state index is 0.288. The molecule has 1 N–H and O–H groups in total. The van der Waals surface area contributed by atoms with Crippen molar-refractivity contribution in [3.63, 3.8) is 0 Å². The van der Waals surface area contributed by atoms with Crippen molar-refractivity contribution in [2.75, 3.05) is 7.11 Å². The van der Waals surface area contributed by atoms with Crippen molar-refractivity contribution in [1.29, 1.82) is 0 Å². The molecule has 1 aromatic heterocycles. The Kier molecular flexibility index (Phi) is 3.53. The molecule has 0 spiro atoms. The minimum atomic E-state index is -0.288. The summed E-state index contributed by atoms with van der Waals surface area (Å²) in [7, 11) is 1.61. The predicted molar refractivity (Wildman–Crippen MR) is 80.7 cm³/mol. The third-order valence-corrected chi connectivity index (χ3v) is 3.38. The fraction of sp³-hybridized carbons (Fsp3) is 0.0667. The smallest absolute Gasteiger partial charge is 0.200 e. The van der Waals surface area contributed by atoms with Crippen LogP contribution in [0.4, 0.5) is 4.39 Å². The molecule has 0 aliphatic carbocycles. The molecule has 0 amide bonds. The Balaban J connectivity index is 2.12. The normalized spacial score (nSPS) is 10.6. The standard InChI is InChI=1S/C15H12FN3OS/c1-20-13-8-6-12(7-9-13)19-14(17-18-15(19)21)10-2-4-11(16)5-3-10/h2-9H,1H3,(H,18,21). The molecular weight excluding hydrogens is 289 g/mol. The molecule has 0 fully saturated rings. The van der Waals surface area contributed by atoms with Crippen molar-refractivity contribution in [1.82, 2.24) is 14.8 Å². The highest BCUT2D eigenvalue weighted by molar-refractivity contribution is 7.71. The molecule has 0 radical (unpaired) electrons. The Morgan fingerprint density at radius 2 is 1.76 bits per heavy atom. The summed E-state index contributed by atoms with van der Waals surface area (Å²) in [5, 5.41) is 6.99. The van der Waals surface area contributed by atoms with Gasteiger partial charge in [-0.25, -0.2) is 4.39 Å². The summed E-state index contributed by atoms with van der Waals surface area (Å²) < 4.78 is 20.5. The maximum Gasteiger partial charge on any atom is 0.200 e. The molecule has 0 saturated carbocycles. The number of nitrogens with zero attached hydrogens (tertiary/aromatic N) is 2. The number of H-pyrrole nitrogens is 1. The second-order valence-corrected chi connectivity index (χ2v) is 4.78. The molecule has 0 saturated heterocycles. The van der Waals surface area contributed by atoms with Gasteiger partial charge in [-0.2, -0.15) is 5.10 Å². The number of ether oxygens (including phenoxy) is 1. The Bertz CT molecular complexity index is 806. The van der Waals surface area contributed by atoms with Crippen LogP contribution in [0.2, 0.25) is 0 Å². The highest BCUT2D eigenvalue weighted by Crippen LogP contribution is 2.23. The summed E-state index contributed by atoms with van der Waals surface area (Å²) in [4.78, 5) is 0. The van der Waals surface area contributed by atoms with Crippen LogP contribution in [-0.2, 0) is 0 Å². The van der Waals surface area contributed by atoms with Crippen molar-refractivity contribution in [2.24, 2.45) is 0 Å². The topological polar surface area (TPSA) is 42.8 Å². The van der Waals surface area contributed by atoms with Gasteiger partial charge < -0.3 is 4.74 Å². The number of benzene rings is 2. The number of halogens is 1. The quantitative estimate of drug-likeness (QED) is 0.749. The zero-order valence-electron chi connectivity index (χ0n) is 11.2. The van der Waals surface area contributed by atoms with Crippen LogP contribution in [0.3, 0.4) is 0 Å². The van der Waals surface area contributed by atoms with Gasteiger partial charge in [-0.1, -0.05) is 0 Å². The van der Waals surface area contributed by atoms with E-state index < -0.39 is 0 Å². The van der Waals surface area contributed by atoms with E-state index in [0.717, 1.165) is 17.0 Å². The molecule has 0 unspecified atom stereocenters. The summed E-state index contributed by atoms with van der Waals surface area (Å²) in [6, 6.07) is 13.6. The zero-order valence-corrected chi connectivity index (χ0v) is 12.0. The van der Waals surface area contributed by atoms with E-state index >= 15 is 0 Å². The molecule has 0 aliphatic heterocycles. The van der Waals surface area contributed by atoms with E-state index in [1.807, 2.05) is 24.3 Å². The van der Waals surface area contributed by atoms with Gasteiger partial charge in [0.05, 0.1) is 12.8 Å². The monoisotopic (exact) mass is 301 g/mol. The fourth-order valence-electron chi connectivity index (χ4n) is 2.06. The highest BCUT2D eigenvalue weighted by atomic mass is 32.1. The van der Waals surface area contributed by atoms with E-state index in [9.17, 15) is 4.39 Å². The molecule has 0 atom stereocenters. The number of aromatic nitrogens is 3. The number of rotatable bonds is 3. The number of hydrogen-bond donors (Lipinski definition) is 1. The maximum atomic E-state index is 13.0. The lowest BCUT2D eigenvalue weighted by molar-refractivity contribution is 0.414. The van der Waals surface area contributed by atoms with E-state index in [-0.39, 0.29) is 5.82 Å². The highest BCUT2D eigenvalue weighted by Gasteiger charge is 2.10. The van der Waals surface area contributed by atoms with Crippen molar-refractivity contribution in [3.8, 4) is 22.8 Å². The first-order chi connectivity index (χ1) is 10.2. The largest absolute Gasteiger partial charge is 0.497 e. The Morgan fingerprint density at radius 3 is 2.38 bits per heavy atom. The Labute approximate surface area is 125 Å². The molecule has 0 bridgehead atoms. The molecule has 6 heteroatoms. The van der Waals surface area contributed by atoms with E-state index in [1.165, 1.54) is 12.1 Å². The van der Waals surface area contributed by atoms with Crippen LogP contribution in [0.15, 0.2) is 48.5 Å². The molecule has 106 valence electrons. The van der Waals surface area contributed by atoms with Crippen molar-refractivity contribution in [2.45, 2.75) is 0 Å². The number of methoxy groups -OCH3 is 1. The maximum absolute atomic E-state index is 13.0. The number of hydrogen-bond acceptors (Lipinski definition) is 3. The van der Waals surface area contributed by atoms with Gasteiger partial charge in [0.25, 0.3) is 0 Å². The van der Waals surface area contributed by atoms with Crippen LogP contribution in [-0.4, -0.2) is 21.9 Å². The van der Waals surface area contributed by atoms with E-state index in [0.29, 0.717) is 10.6 Å². The van der Waals surface area contributed by atoms with Crippen LogP contribution in [0.25, 0.3) is 17.1 Å². The van der Waals surface area contributed by atoms with Crippen molar-refractivity contribution in [3.05, 3.63) is 59.1 Å². The molecule has 1 heterocycles. The third-order valence-electron chi connectivity index (χ3n) is 3.11. The molecule has 3 rings (SSSR count). The first-order valence-electron chi connectivity index (χ1n) is 6.27. The van der Waals surface area contributed by atoms with Crippen LogP contribution in [0, 0.1) is 10.6 Å². The summed E-state index contributed by atoms with van der Waals surface area (Å²) in [5.74, 6) is 1.10. The second-order valence-electron chi connectivity index (χ2n) is 4.39. The minimum Gasteiger partial charge on any atom is -0.497 e. The molecule has 3 aromatic rings. The van der Waals surface area contributed by atoms with Gasteiger partial charge in [-0.05, 0) is 60.7 Å². The van der Waals surface area contributed by atoms with Crippen LogP contribution >= 0.6 is 12.2 Å². The van der Waals surface area contributed by atoms with Gasteiger partial charge in [-0.3, -0.25) is 9.67 Å². The van der Waals surface area contributed by atoms with E-state index in [1.54, 1.807) is 23.8 Å². The molecular formula is C15H12FN3OS. The van der Waals surface area contributed by atoms with Crippen molar-refractivity contribution >= 4 is 12.2 Å². The molecule has 2 aromatic carbocycles.